The van der Waals surface area contributed by atoms with Crippen LogP contribution in [0.4, 0.5) is 5.69 Å². The Bertz CT molecular complexity index is 1310. The predicted molar refractivity (Wildman–Crippen MR) is 144 cm³/mol. The molecule has 2 N–H and O–H groups in total. The summed E-state index contributed by atoms with van der Waals surface area (Å²) in [6, 6.07) is 10.6. The second-order valence-electron chi connectivity index (χ2n) is 7.70. The number of ether oxygens (including phenoxy) is 1. The third kappa shape index (κ3) is 7.58. The van der Waals surface area contributed by atoms with Crippen molar-refractivity contribution < 1.29 is 19.1 Å². The van der Waals surface area contributed by atoms with Crippen LogP contribution in [-0.4, -0.2) is 44.9 Å². The van der Waals surface area contributed by atoms with Crippen molar-refractivity contribution in [1.82, 2.24) is 20.1 Å². The van der Waals surface area contributed by atoms with Gasteiger partial charge in [0.1, 0.15) is 0 Å². The lowest BCUT2D eigenvalue weighted by Crippen LogP contribution is -2.29. The standard InChI is InChI=1S/C25H25Cl2N5O4S/c1-4-11-32-22(15(3)28-23(34)19-10-9-17(26)13-20(19)27)30-31-25(32)37-14-21(33)29-18-8-6-7-16(12-18)24(35)36-5-2/h4,6-10,12-13,15H,1,5,11,14H2,2-3H3,(H,28,34)(H,29,33)/t15-/m0/s1. The van der Waals surface area contributed by atoms with Crippen molar-refractivity contribution in [2.24, 2.45) is 0 Å². The van der Waals surface area contributed by atoms with E-state index in [-0.39, 0.29) is 34.8 Å². The molecule has 0 radical (unpaired) electrons. The number of anilines is 1. The first kappa shape index (κ1) is 28.2. The fraction of sp³-hybridized carbons (Fsp3) is 0.240. The second kappa shape index (κ2) is 13.3. The van der Waals surface area contributed by atoms with Gasteiger partial charge in [-0.25, -0.2) is 4.79 Å². The van der Waals surface area contributed by atoms with Crippen molar-refractivity contribution in [3.63, 3.8) is 0 Å². The fourth-order valence-corrected chi connectivity index (χ4v) is 4.56. The van der Waals surface area contributed by atoms with Crippen molar-refractivity contribution in [1.29, 1.82) is 0 Å². The van der Waals surface area contributed by atoms with Gasteiger partial charge in [0, 0.05) is 17.3 Å². The van der Waals surface area contributed by atoms with Crippen LogP contribution in [0.2, 0.25) is 10.0 Å². The number of hydrogen-bond acceptors (Lipinski definition) is 7. The quantitative estimate of drug-likeness (QED) is 0.188. The zero-order chi connectivity index (χ0) is 26.9. The second-order valence-corrected chi connectivity index (χ2v) is 9.48. The van der Waals surface area contributed by atoms with Crippen LogP contribution in [0.15, 0.2) is 60.3 Å². The highest BCUT2D eigenvalue weighted by molar-refractivity contribution is 7.99. The van der Waals surface area contributed by atoms with Crippen LogP contribution in [-0.2, 0) is 16.1 Å². The molecule has 1 atom stereocenters. The number of esters is 1. The molecule has 1 aromatic heterocycles. The fourth-order valence-electron chi connectivity index (χ4n) is 3.31. The van der Waals surface area contributed by atoms with Crippen LogP contribution < -0.4 is 10.6 Å². The van der Waals surface area contributed by atoms with Gasteiger partial charge in [-0.1, -0.05) is 47.1 Å². The van der Waals surface area contributed by atoms with E-state index in [0.717, 1.165) is 0 Å². The molecule has 2 amide bonds. The van der Waals surface area contributed by atoms with Gasteiger partial charge in [0.05, 0.1) is 34.6 Å². The first-order valence-electron chi connectivity index (χ1n) is 11.2. The average Bonchev–Trinajstić information content (AvgIpc) is 3.26. The molecule has 0 saturated carbocycles. The Labute approximate surface area is 228 Å². The minimum Gasteiger partial charge on any atom is -0.462 e. The molecule has 0 spiro atoms. The van der Waals surface area contributed by atoms with E-state index in [1.54, 1.807) is 60.9 Å². The summed E-state index contributed by atoms with van der Waals surface area (Å²) < 4.78 is 6.76. The van der Waals surface area contributed by atoms with E-state index in [0.29, 0.717) is 33.8 Å². The minimum absolute atomic E-state index is 0.0417. The molecule has 0 bridgehead atoms. The van der Waals surface area contributed by atoms with Gasteiger partial charge in [-0.15, -0.1) is 16.8 Å². The third-order valence-electron chi connectivity index (χ3n) is 4.96. The number of thioether (sulfide) groups is 1. The number of hydrogen-bond donors (Lipinski definition) is 2. The van der Waals surface area contributed by atoms with Crippen molar-refractivity contribution in [2.75, 3.05) is 17.7 Å². The molecule has 3 rings (SSSR count). The molecule has 12 heteroatoms. The molecule has 194 valence electrons. The van der Waals surface area contributed by atoms with Crippen molar-refractivity contribution >= 4 is 58.4 Å². The molecular weight excluding hydrogens is 537 g/mol. The topological polar surface area (TPSA) is 115 Å². The lowest BCUT2D eigenvalue weighted by atomic mass is 10.2. The number of halogens is 2. The maximum absolute atomic E-state index is 12.7. The molecule has 0 aliphatic heterocycles. The number of benzene rings is 2. The Balaban J connectivity index is 1.66. The maximum Gasteiger partial charge on any atom is 0.338 e. The summed E-state index contributed by atoms with van der Waals surface area (Å²) in [6.07, 6.45) is 1.67. The van der Waals surface area contributed by atoms with E-state index in [9.17, 15) is 14.4 Å². The van der Waals surface area contributed by atoms with Gasteiger partial charge in [0.25, 0.3) is 5.91 Å². The summed E-state index contributed by atoms with van der Waals surface area (Å²) >= 11 is 13.2. The summed E-state index contributed by atoms with van der Waals surface area (Å²) in [6.45, 7) is 7.89. The number of carbonyl (C=O) groups excluding carboxylic acids is 3. The van der Waals surface area contributed by atoms with E-state index < -0.39 is 12.0 Å². The summed E-state index contributed by atoms with van der Waals surface area (Å²) in [5.74, 6) is -0.610. The highest BCUT2D eigenvalue weighted by atomic mass is 35.5. The lowest BCUT2D eigenvalue weighted by molar-refractivity contribution is -0.113. The van der Waals surface area contributed by atoms with Crippen molar-refractivity contribution in [3.05, 3.63) is 82.1 Å². The number of nitrogens with one attached hydrogen (secondary N) is 2. The molecule has 2 aromatic carbocycles. The predicted octanol–water partition coefficient (Wildman–Crippen LogP) is 5.17. The van der Waals surface area contributed by atoms with Gasteiger partial charge < -0.3 is 19.9 Å². The number of allylic oxidation sites excluding steroid dienone is 1. The van der Waals surface area contributed by atoms with Crippen LogP contribution in [0.3, 0.4) is 0 Å². The zero-order valence-electron chi connectivity index (χ0n) is 20.2. The summed E-state index contributed by atoms with van der Waals surface area (Å²) in [4.78, 5) is 37.2. The molecule has 9 nitrogen and oxygen atoms in total. The highest BCUT2D eigenvalue weighted by Crippen LogP contribution is 2.24. The summed E-state index contributed by atoms with van der Waals surface area (Å²) in [5, 5.41) is 15.2. The normalized spacial score (nSPS) is 11.5. The zero-order valence-corrected chi connectivity index (χ0v) is 22.5. The molecule has 0 saturated heterocycles. The Morgan fingerprint density at radius 3 is 2.68 bits per heavy atom. The smallest absolute Gasteiger partial charge is 0.338 e. The Morgan fingerprint density at radius 2 is 1.97 bits per heavy atom. The van der Waals surface area contributed by atoms with Gasteiger partial charge >= 0.3 is 5.97 Å². The molecule has 0 aliphatic carbocycles. The lowest BCUT2D eigenvalue weighted by Gasteiger charge is -2.16. The van der Waals surface area contributed by atoms with Gasteiger partial charge in [-0.05, 0) is 50.2 Å². The van der Waals surface area contributed by atoms with Crippen molar-refractivity contribution in [3.8, 4) is 0 Å². The Morgan fingerprint density at radius 1 is 1.19 bits per heavy atom. The highest BCUT2D eigenvalue weighted by Gasteiger charge is 2.21. The Kier molecular flexibility index (Phi) is 10.1. The first-order valence-corrected chi connectivity index (χ1v) is 13.0. The van der Waals surface area contributed by atoms with E-state index in [1.807, 2.05) is 0 Å². The number of carbonyl (C=O) groups is 3. The van der Waals surface area contributed by atoms with Gasteiger partial charge in [0.2, 0.25) is 5.91 Å². The van der Waals surface area contributed by atoms with E-state index in [2.05, 4.69) is 27.4 Å². The van der Waals surface area contributed by atoms with E-state index >= 15 is 0 Å². The van der Waals surface area contributed by atoms with Crippen LogP contribution in [0.25, 0.3) is 0 Å². The van der Waals surface area contributed by atoms with E-state index in [1.165, 1.54) is 17.8 Å². The largest absolute Gasteiger partial charge is 0.462 e. The monoisotopic (exact) mass is 561 g/mol. The Hall–Kier alpha value is -3.34. The van der Waals surface area contributed by atoms with Crippen LogP contribution in [0, 0.1) is 0 Å². The maximum atomic E-state index is 12.7. The number of aromatic nitrogens is 3. The molecule has 0 unspecified atom stereocenters. The molecule has 0 aliphatic rings. The van der Waals surface area contributed by atoms with Gasteiger partial charge in [-0.2, -0.15) is 0 Å². The number of rotatable bonds is 11. The van der Waals surface area contributed by atoms with Gasteiger partial charge in [-0.3, -0.25) is 9.59 Å². The molecule has 0 fully saturated rings. The number of amides is 2. The third-order valence-corrected chi connectivity index (χ3v) is 6.47. The first-order chi connectivity index (χ1) is 17.7. The summed E-state index contributed by atoms with van der Waals surface area (Å²) in [5.41, 5.74) is 1.10. The molecular formula is C25H25Cl2N5O4S. The van der Waals surface area contributed by atoms with Crippen molar-refractivity contribution in [2.45, 2.75) is 31.6 Å². The van der Waals surface area contributed by atoms with Crippen LogP contribution >= 0.6 is 35.0 Å². The number of nitrogens with zero attached hydrogens (tertiary/aromatic N) is 3. The van der Waals surface area contributed by atoms with E-state index in [4.69, 9.17) is 27.9 Å². The average molecular weight is 562 g/mol. The molecule has 37 heavy (non-hydrogen) atoms. The molecule has 1 heterocycles. The van der Waals surface area contributed by atoms with Crippen LogP contribution in [0.5, 0.6) is 0 Å². The minimum atomic E-state index is -0.513. The van der Waals surface area contributed by atoms with Crippen LogP contribution in [0.1, 0.15) is 46.4 Å². The van der Waals surface area contributed by atoms with Gasteiger partial charge in [0.15, 0.2) is 11.0 Å². The summed E-state index contributed by atoms with van der Waals surface area (Å²) in [7, 11) is 0. The molecule has 3 aromatic rings. The SMILES string of the molecule is C=CCn1c(SCC(=O)Nc2cccc(C(=O)OCC)c2)nnc1[C@H](C)NC(=O)c1ccc(Cl)cc1Cl.